The van der Waals surface area contributed by atoms with Crippen LogP contribution >= 0.6 is 0 Å². The number of para-hydroxylation sites is 1. The highest BCUT2D eigenvalue weighted by Gasteiger charge is 2.42. The summed E-state index contributed by atoms with van der Waals surface area (Å²) < 4.78 is 12.5. The quantitative estimate of drug-likeness (QED) is 0.600. The summed E-state index contributed by atoms with van der Waals surface area (Å²) in [5, 5.41) is 6.10. The lowest BCUT2D eigenvalue weighted by molar-refractivity contribution is -0.303. The molecule has 0 aliphatic carbocycles. The second-order valence-electron chi connectivity index (χ2n) is 9.79. The molecule has 2 aromatic rings. The molecule has 1 aliphatic heterocycles. The van der Waals surface area contributed by atoms with Crippen molar-refractivity contribution in [3.63, 3.8) is 0 Å². The van der Waals surface area contributed by atoms with Crippen LogP contribution in [0.1, 0.15) is 70.1 Å². The normalized spacial score (nSPS) is 17.5. The number of benzene rings is 2. The number of ether oxygens (including phenoxy) is 2. The molecule has 0 unspecified atom stereocenters. The van der Waals surface area contributed by atoms with Crippen molar-refractivity contribution in [2.45, 2.75) is 59.2 Å². The maximum Gasteiger partial charge on any atom is 0.319 e. The van der Waals surface area contributed by atoms with Gasteiger partial charge in [0.2, 0.25) is 5.79 Å². The predicted octanol–water partition coefficient (Wildman–Crippen LogP) is 5.98. The molecule has 0 aromatic heterocycles. The molecule has 1 heterocycles. The van der Waals surface area contributed by atoms with Gasteiger partial charge >= 0.3 is 6.03 Å². The average molecular weight is 425 g/mol. The second-order valence-corrected chi connectivity index (χ2v) is 9.79. The van der Waals surface area contributed by atoms with Crippen LogP contribution in [0.4, 0.5) is 10.5 Å². The number of hydrogen-bond acceptors (Lipinski definition) is 3. The van der Waals surface area contributed by atoms with Crippen molar-refractivity contribution in [2.75, 3.05) is 25.1 Å². The Kier molecular flexibility index (Phi) is 7.07. The van der Waals surface area contributed by atoms with Gasteiger partial charge in [-0.05, 0) is 23.0 Å². The Hall–Kier alpha value is -2.37. The maximum absolute atomic E-state index is 13.0. The fraction of sp³-hybridized carbons (Fsp3) is 0.500. The van der Waals surface area contributed by atoms with Crippen LogP contribution in [0, 0.1) is 5.41 Å². The number of hydrogen-bond donors (Lipinski definition) is 2. The molecule has 31 heavy (non-hydrogen) atoms. The van der Waals surface area contributed by atoms with Gasteiger partial charge in [-0.3, -0.25) is 0 Å². The Labute approximate surface area is 186 Å². The molecule has 0 bridgehead atoms. The van der Waals surface area contributed by atoms with Gasteiger partial charge in [0, 0.05) is 16.7 Å². The van der Waals surface area contributed by atoms with E-state index in [4.69, 9.17) is 9.47 Å². The molecule has 168 valence electrons. The number of carbonyl (C=O) groups excluding carboxylic acids is 1. The fourth-order valence-corrected chi connectivity index (χ4v) is 3.82. The first-order valence-corrected chi connectivity index (χ1v) is 11.1. The zero-order valence-electron chi connectivity index (χ0n) is 19.6. The highest BCUT2D eigenvalue weighted by molar-refractivity contribution is 5.91. The number of rotatable bonds is 6. The Morgan fingerprint density at radius 1 is 0.903 bits per heavy atom. The van der Waals surface area contributed by atoms with Crippen LogP contribution in [-0.4, -0.2) is 25.8 Å². The maximum atomic E-state index is 13.0. The van der Waals surface area contributed by atoms with Gasteiger partial charge in [-0.15, -0.1) is 0 Å². The van der Waals surface area contributed by atoms with Crippen LogP contribution in [-0.2, 0) is 15.3 Å². The molecule has 0 radical (unpaired) electrons. The van der Waals surface area contributed by atoms with E-state index in [-0.39, 0.29) is 18.0 Å². The largest absolute Gasteiger partial charge is 0.344 e. The minimum Gasteiger partial charge on any atom is -0.344 e. The average Bonchev–Trinajstić information content (AvgIpc) is 2.74. The van der Waals surface area contributed by atoms with Crippen LogP contribution in [0.5, 0.6) is 0 Å². The third-order valence-corrected chi connectivity index (χ3v) is 5.70. The summed E-state index contributed by atoms with van der Waals surface area (Å²) in [5.74, 6) is -0.388. The van der Waals surface area contributed by atoms with E-state index in [2.05, 4.69) is 70.4 Å². The van der Waals surface area contributed by atoms with Crippen molar-refractivity contribution in [1.29, 1.82) is 0 Å². The molecular weight excluding hydrogens is 388 g/mol. The molecule has 3 rings (SSSR count). The Morgan fingerprint density at radius 3 is 1.97 bits per heavy atom. The van der Waals surface area contributed by atoms with Crippen LogP contribution in [0.15, 0.2) is 48.5 Å². The van der Waals surface area contributed by atoms with Crippen LogP contribution in [0.2, 0.25) is 0 Å². The standard InChI is InChI=1S/C26H36N2O3/c1-18(2)21-13-10-14-22(19(3)4)23(21)28-24(29)27-15-26(20-11-8-7-9-12-20)30-16-25(5,6)17-31-26/h7-14,18-19H,15-17H2,1-6H3,(H2,27,28,29). The molecule has 2 aromatic carbocycles. The Bertz CT molecular complexity index is 855. The van der Waals surface area contributed by atoms with Crippen molar-refractivity contribution in [3.05, 3.63) is 65.2 Å². The first-order chi connectivity index (χ1) is 14.6. The number of urea groups is 1. The van der Waals surface area contributed by atoms with E-state index in [0.29, 0.717) is 25.0 Å². The van der Waals surface area contributed by atoms with Crippen LogP contribution in [0.3, 0.4) is 0 Å². The lowest BCUT2D eigenvalue weighted by Gasteiger charge is -2.43. The number of carbonyl (C=O) groups is 1. The molecule has 1 fully saturated rings. The zero-order chi connectivity index (χ0) is 22.6. The number of nitrogens with one attached hydrogen (secondary N) is 2. The second kappa shape index (κ2) is 9.41. The van der Waals surface area contributed by atoms with Crippen molar-refractivity contribution >= 4 is 11.7 Å². The van der Waals surface area contributed by atoms with Crippen LogP contribution < -0.4 is 10.6 Å². The topological polar surface area (TPSA) is 59.6 Å². The Balaban J connectivity index is 1.79. The first kappa shape index (κ1) is 23.3. The molecule has 1 aliphatic rings. The van der Waals surface area contributed by atoms with E-state index < -0.39 is 5.79 Å². The summed E-state index contributed by atoms with van der Waals surface area (Å²) in [5.41, 5.74) is 3.99. The summed E-state index contributed by atoms with van der Waals surface area (Å²) in [6.45, 7) is 14.1. The van der Waals surface area contributed by atoms with E-state index in [1.807, 2.05) is 30.3 Å². The minimum atomic E-state index is -0.993. The monoisotopic (exact) mass is 424 g/mol. The van der Waals surface area contributed by atoms with E-state index >= 15 is 0 Å². The fourth-order valence-electron chi connectivity index (χ4n) is 3.82. The van der Waals surface area contributed by atoms with Gasteiger partial charge in [-0.2, -0.15) is 0 Å². The van der Waals surface area contributed by atoms with Crippen molar-refractivity contribution in [3.8, 4) is 0 Å². The molecule has 0 atom stereocenters. The van der Waals surface area contributed by atoms with E-state index in [9.17, 15) is 4.79 Å². The number of amides is 2. The van der Waals surface area contributed by atoms with Crippen molar-refractivity contribution < 1.29 is 14.3 Å². The molecule has 0 saturated carbocycles. The van der Waals surface area contributed by atoms with Gasteiger partial charge in [0.25, 0.3) is 0 Å². The zero-order valence-corrected chi connectivity index (χ0v) is 19.6. The van der Waals surface area contributed by atoms with Gasteiger partial charge in [0.1, 0.15) is 0 Å². The molecular formula is C26H36N2O3. The summed E-state index contributed by atoms with van der Waals surface area (Å²) in [6.07, 6.45) is 0. The minimum absolute atomic E-state index is 0.0666. The number of anilines is 1. The Morgan fingerprint density at radius 2 is 1.45 bits per heavy atom. The SMILES string of the molecule is CC(C)c1cccc(C(C)C)c1NC(=O)NCC1(c2ccccc2)OCC(C)(C)CO1. The van der Waals surface area contributed by atoms with E-state index in [0.717, 1.165) is 22.4 Å². The van der Waals surface area contributed by atoms with Gasteiger partial charge in [-0.25, -0.2) is 4.79 Å². The molecule has 2 N–H and O–H groups in total. The lowest BCUT2D eigenvalue weighted by Crippen LogP contribution is -2.52. The third kappa shape index (κ3) is 5.46. The summed E-state index contributed by atoms with van der Waals surface area (Å²) in [7, 11) is 0. The van der Waals surface area contributed by atoms with E-state index in [1.165, 1.54) is 0 Å². The van der Waals surface area contributed by atoms with Gasteiger partial charge in [-0.1, -0.05) is 90.1 Å². The summed E-state index contributed by atoms with van der Waals surface area (Å²) >= 11 is 0. The first-order valence-electron chi connectivity index (χ1n) is 11.1. The highest BCUT2D eigenvalue weighted by atomic mass is 16.7. The summed E-state index contributed by atoms with van der Waals surface area (Å²) in [4.78, 5) is 13.0. The predicted molar refractivity (Wildman–Crippen MR) is 125 cm³/mol. The summed E-state index contributed by atoms with van der Waals surface area (Å²) in [6, 6.07) is 15.8. The van der Waals surface area contributed by atoms with Gasteiger partial charge in [0.15, 0.2) is 0 Å². The van der Waals surface area contributed by atoms with Crippen LogP contribution in [0.25, 0.3) is 0 Å². The highest BCUT2D eigenvalue weighted by Crippen LogP contribution is 2.36. The van der Waals surface area contributed by atoms with Crippen molar-refractivity contribution in [2.24, 2.45) is 5.41 Å². The molecule has 0 spiro atoms. The molecule has 2 amide bonds. The lowest BCUT2D eigenvalue weighted by atomic mass is 9.92. The molecule has 5 nitrogen and oxygen atoms in total. The van der Waals surface area contributed by atoms with E-state index in [1.54, 1.807) is 0 Å². The molecule has 5 heteroatoms. The van der Waals surface area contributed by atoms with Gasteiger partial charge < -0.3 is 20.1 Å². The third-order valence-electron chi connectivity index (χ3n) is 5.70. The smallest absolute Gasteiger partial charge is 0.319 e. The van der Waals surface area contributed by atoms with Gasteiger partial charge in [0.05, 0.1) is 19.8 Å². The van der Waals surface area contributed by atoms with Crippen molar-refractivity contribution in [1.82, 2.24) is 5.32 Å². The molecule has 1 saturated heterocycles.